The number of carbonyl (C=O) groups excluding carboxylic acids is 2. The molecule has 4 aromatic rings. The zero-order chi connectivity index (χ0) is 26.2. The molecule has 0 saturated heterocycles. The van der Waals surface area contributed by atoms with Crippen molar-refractivity contribution in [2.24, 2.45) is 5.41 Å². The summed E-state index contributed by atoms with van der Waals surface area (Å²) in [6.07, 6.45) is 0.816. The SMILES string of the molecule is CCN1C(=O)C(C)(C)C(=O)N(C)c2cc(OCCCn3c(-c4ccccc4)cc4ccccc43)ccc21. The van der Waals surface area contributed by atoms with Crippen molar-refractivity contribution >= 4 is 34.1 Å². The Morgan fingerprint density at radius 2 is 1.57 bits per heavy atom. The number of fused-ring (bicyclic) bond motifs is 2. The van der Waals surface area contributed by atoms with E-state index in [9.17, 15) is 9.59 Å². The molecule has 0 N–H and O–H groups in total. The average molecular weight is 496 g/mol. The first-order valence-electron chi connectivity index (χ1n) is 12.8. The molecule has 0 aliphatic carbocycles. The minimum Gasteiger partial charge on any atom is -0.493 e. The molecule has 1 aliphatic heterocycles. The highest BCUT2D eigenvalue weighted by atomic mass is 16.5. The Kier molecular flexibility index (Phi) is 6.50. The summed E-state index contributed by atoms with van der Waals surface area (Å²) < 4.78 is 8.50. The van der Waals surface area contributed by atoms with E-state index in [4.69, 9.17) is 4.74 Å². The standard InChI is InChI=1S/C31H33N3O3/c1-5-33-26-17-16-24(21-28(26)32(4)29(35)31(2,3)30(33)36)37-19-11-18-34-25-15-10-9-14-23(25)20-27(34)22-12-7-6-8-13-22/h6-10,12-17,20-21H,5,11,18-19H2,1-4H3. The van der Waals surface area contributed by atoms with Crippen LogP contribution in [0.1, 0.15) is 27.2 Å². The average Bonchev–Trinajstić information content (AvgIpc) is 3.28. The molecule has 2 heterocycles. The summed E-state index contributed by atoms with van der Waals surface area (Å²) in [4.78, 5) is 29.4. The first-order chi connectivity index (χ1) is 17.8. The van der Waals surface area contributed by atoms with E-state index in [-0.39, 0.29) is 11.8 Å². The number of aromatic nitrogens is 1. The summed E-state index contributed by atoms with van der Waals surface area (Å²) in [5.41, 5.74) is 3.88. The summed E-state index contributed by atoms with van der Waals surface area (Å²) in [6, 6.07) is 26.8. The predicted octanol–water partition coefficient (Wildman–Crippen LogP) is 6.13. The molecule has 0 spiro atoms. The summed E-state index contributed by atoms with van der Waals surface area (Å²) in [5.74, 6) is 0.273. The van der Waals surface area contributed by atoms with E-state index in [2.05, 4.69) is 59.2 Å². The third-order valence-corrected chi connectivity index (χ3v) is 7.21. The van der Waals surface area contributed by atoms with Crippen LogP contribution in [0.25, 0.3) is 22.2 Å². The number of rotatable bonds is 7. The maximum Gasteiger partial charge on any atom is 0.242 e. The van der Waals surface area contributed by atoms with Crippen LogP contribution in [0.4, 0.5) is 11.4 Å². The number of nitrogens with zero attached hydrogens (tertiary/aromatic N) is 3. The van der Waals surface area contributed by atoms with Gasteiger partial charge in [0.15, 0.2) is 0 Å². The lowest BCUT2D eigenvalue weighted by Crippen LogP contribution is -2.47. The highest BCUT2D eigenvalue weighted by Crippen LogP contribution is 2.40. The molecule has 0 bridgehead atoms. The predicted molar refractivity (Wildman–Crippen MR) is 149 cm³/mol. The van der Waals surface area contributed by atoms with E-state index in [1.807, 2.05) is 31.2 Å². The number of amides is 2. The van der Waals surface area contributed by atoms with Crippen molar-refractivity contribution in [3.05, 3.63) is 78.9 Å². The zero-order valence-corrected chi connectivity index (χ0v) is 21.9. The number of benzene rings is 3. The molecule has 0 saturated carbocycles. The van der Waals surface area contributed by atoms with Crippen LogP contribution in [-0.2, 0) is 16.1 Å². The Labute approximate surface area is 218 Å². The Morgan fingerprint density at radius 1 is 0.838 bits per heavy atom. The molecule has 37 heavy (non-hydrogen) atoms. The molecule has 5 rings (SSSR count). The number of ether oxygens (including phenoxy) is 1. The van der Waals surface area contributed by atoms with Crippen molar-refractivity contribution in [2.45, 2.75) is 33.7 Å². The van der Waals surface area contributed by atoms with Gasteiger partial charge in [0.25, 0.3) is 0 Å². The van der Waals surface area contributed by atoms with Crippen molar-refractivity contribution in [1.29, 1.82) is 0 Å². The molecular formula is C31H33N3O3. The highest BCUT2D eigenvalue weighted by Gasteiger charge is 2.45. The minimum absolute atomic E-state index is 0.188. The first-order valence-corrected chi connectivity index (χ1v) is 12.8. The number of hydrogen-bond acceptors (Lipinski definition) is 3. The van der Waals surface area contributed by atoms with E-state index >= 15 is 0 Å². The van der Waals surface area contributed by atoms with Crippen LogP contribution in [0, 0.1) is 5.41 Å². The topological polar surface area (TPSA) is 54.8 Å². The lowest BCUT2D eigenvalue weighted by atomic mass is 9.90. The van der Waals surface area contributed by atoms with Crippen LogP contribution >= 0.6 is 0 Å². The van der Waals surface area contributed by atoms with Crippen LogP contribution in [0.5, 0.6) is 5.75 Å². The van der Waals surface area contributed by atoms with E-state index in [0.29, 0.717) is 24.6 Å². The number of hydrogen-bond donors (Lipinski definition) is 0. The molecule has 1 aliphatic rings. The Morgan fingerprint density at radius 3 is 2.32 bits per heavy atom. The Hall–Kier alpha value is -4.06. The summed E-state index contributed by atoms with van der Waals surface area (Å²) >= 11 is 0. The van der Waals surface area contributed by atoms with E-state index in [0.717, 1.165) is 18.7 Å². The van der Waals surface area contributed by atoms with Crippen molar-refractivity contribution in [1.82, 2.24) is 4.57 Å². The van der Waals surface area contributed by atoms with Gasteiger partial charge in [-0.15, -0.1) is 0 Å². The molecular weight excluding hydrogens is 462 g/mol. The minimum atomic E-state index is -1.12. The van der Waals surface area contributed by atoms with Gasteiger partial charge in [-0.2, -0.15) is 0 Å². The monoisotopic (exact) mass is 495 g/mol. The van der Waals surface area contributed by atoms with Crippen LogP contribution < -0.4 is 14.5 Å². The smallest absolute Gasteiger partial charge is 0.242 e. The van der Waals surface area contributed by atoms with Crippen molar-refractivity contribution in [3.63, 3.8) is 0 Å². The molecule has 3 aromatic carbocycles. The van der Waals surface area contributed by atoms with Crippen LogP contribution in [0.3, 0.4) is 0 Å². The van der Waals surface area contributed by atoms with Gasteiger partial charge in [0.2, 0.25) is 11.8 Å². The highest BCUT2D eigenvalue weighted by molar-refractivity contribution is 6.20. The zero-order valence-electron chi connectivity index (χ0n) is 21.9. The van der Waals surface area contributed by atoms with Crippen molar-refractivity contribution in [3.8, 4) is 17.0 Å². The number of aryl methyl sites for hydroxylation is 1. The summed E-state index contributed by atoms with van der Waals surface area (Å²) in [5, 5.41) is 1.22. The lowest BCUT2D eigenvalue weighted by Gasteiger charge is -2.27. The van der Waals surface area contributed by atoms with Gasteiger partial charge in [-0.3, -0.25) is 9.59 Å². The van der Waals surface area contributed by atoms with Gasteiger partial charge >= 0.3 is 0 Å². The fourth-order valence-electron chi connectivity index (χ4n) is 5.18. The molecule has 1 aromatic heterocycles. The van der Waals surface area contributed by atoms with Gasteiger partial charge < -0.3 is 19.1 Å². The largest absolute Gasteiger partial charge is 0.493 e. The Bertz CT molecular complexity index is 1460. The van der Waals surface area contributed by atoms with Gasteiger partial charge in [-0.25, -0.2) is 0 Å². The second kappa shape index (κ2) is 9.77. The number of carbonyl (C=O) groups is 2. The van der Waals surface area contributed by atoms with Gasteiger partial charge in [0.05, 0.1) is 18.0 Å². The molecule has 6 nitrogen and oxygen atoms in total. The molecule has 0 atom stereocenters. The van der Waals surface area contributed by atoms with Gasteiger partial charge in [-0.05, 0) is 57.0 Å². The first kappa shape index (κ1) is 24.6. The fraction of sp³-hybridized carbons (Fsp3) is 0.290. The maximum atomic E-state index is 13.1. The molecule has 190 valence electrons. The number of anilines is 2. The van der Waals surface area contributed by atoms with E-state index < -0.39 is 5.41 Å². The lowest BCUT2D eigenvalue weighted by molar-refractivity contribution is -0.137. The van der Waals surface area contributed by atoms with Crippen LogP contribution in [-0.4, -0.2) is 36.6 Å². The van der Waals surface area contributed by atoms with E-state index in [1.54, 1.807) is 30.7 Å². The quantitative estimate of drug-likeness (QED) is 0.229. The van der Waals surface area contributed by atoms with Gasteiger partial charge in [0, 0.05) is 42.8 Å². The van der Waals surface area contributed by atoms with E-state index in [1.165, 1.54) is 22.2 Å². The van der Waals surface area contributed by atoms with Crippen LogP contribution in [0.15, 0.2) is 78.9 Å². The third kappa shape index (κ3) is 4.37. The van der Waals surface area contributed by atoms with Gasteiger partial charge in [-0.1, -0.05) is 48.5 Å². The normalized spacial score (nSPS) is 15.1. The summed E-state index contributed by atoms with van der Waals surface area (Å²) in [7, 11) is 1.72. The number of para-hydroxylation sites is 1. The van der Waals surface area contributed by atoms with Gasteiger partial charge in [0.1, 0.15) is 11.2 Å². The second-order valence-corrected chi connectivity index (χ2v) is 10.00. The molecule has 2 amide bonds. The summed E-state index contributed by atoms with van der Waals surface area (Å²) in [6.45, 7) is 7.13. The molecule has 0 radical (unpaired) electrons. The fourth-order valence-corrected chi connectivity index (χ4v) is 5.18. The molecule has 0 unspecified atom stereocenters. The van der Waals surface area contributed by atoms with Crippen LogP contribution in [0.2, 0.25) is 0 Å². The third-order valence-electron chi connectivity index (χ3n) is 7.21. The molecule has 6 heteroatoms. The maximum absolute atomic E-state index is 13.1. The van der Waals surface area contributed by atoms with Crippen molar-refractivity contribution in [2.75, 3.05) is 30.0 Å². The Balaban J connectivity index is 1.34. The molecule has 0 fully saturated rings. The van der Waals surface area contributed by atoms with Crippen molar-refractivity contribution < 1.29 is 14.3 Å². The second-order valence-electron chi connectivity index (χ2n) is 10.00.